The quantitative estimate of drug-likeness (QED) is 0.758. The molecule has 3 rings (SSSR count). The molecule has 146 valence electrons. The van der Waals surface area contributed by atoms with E-state index in [-0.39, 0.29) is 35.8 Å². The lowest BCUT2D eigenvalue weighted by Gasteiger charge is -2.26. The summed E-state index contributed by atoms with van der Waals surface area (Å²) in [5, 5.41) is 5.05. The van der Waals surface area contributed by atoms with Crippen LogP contribution in [0.1, 0.15) is 19.8 Å². The maximum Gasteiger partial charge on any atom is 0.240 e. The fourth-order valence-corrected chi connectivity index (χ4v) is 5.67. The second-order valence-corrected chi connectivity index (χ2v) is 9.71. The highest BCUT2D eigenvalue weighted by molar-refractivity contribution is 7.91. The van der Waals surface area contributed by atoms with Gasteiger partial charge in [-0.05, 0) is 43.7 Å². The Hall–Kier alpha value is -1.84. The third kappa shape index (κ3) is 5.33. The van der Waals surface area contributed by atoms with Crippen molar-refractivity contribution in [3.8, 4) is 11.3 Å². The molecule has 1 fully saturated rings. The highest BCUT2D eigenvalue weighted by Crippen LogP contribution is 2.25. The van der Waals surface area contributed by atoms with Gasteiger partial charge in [-0.3, -0.25) is 9.69 Å². The SMILES string of the molecule is CCCN(CC(=O)Nc1nc(-c2ccc(F)cc2)cs1)C1CCS(=O)(=O)C1. The van der Waals surface area contributed by atoms with Crippen LogP contribution in [0.3, 0.4) is 0 Å². The Kier molecular flexibility index (Phi) is 6.23. The maximum atomic E-state index is 13.0. The van der Waals surface area contributed by atoms with Gasteiger partial charge in [-0.15, -0.1) is 11.3 Å². The van der Waals surface area contributed by atoms with E-state index in [1.54, 1.807) is 17.5 Å². The van der Waals surface area contributed by atoms with Crippen molar-refractivity contribution in [3.05, 3.63) is 35.5 Å². The summed E-state index contributed by atoms with van der Waals surface area (Å²) in [6, 6.07) is 5.90. The Labute approximate surface area is 162 Å². The Morgan fingerprint density at radius 1 is 1.37 bits per heavy atom. The number of aromatic nitrogens is 1. The fourth-order valence-electron chi connectivity index (χ4n) is 3.17. The van der Waals surface area contributed by atoms with Gasteiger partial charge >= 0.3 is 0 Å². The van der Waals surface area contributed by atoms with Gasteiger partial charge in [-0.2, -0.15) is 0 Å². The number of nitrogens with zero attached hydrogens (tertiary/aromatic N) is 2. The number of amides is 1. The summed E-state index contributed by atoms with van der Waals surface area (Å²) in [6.45, 7) is 2.82. The van der Waals surface area contributed by atoms with Crippen molar-refractivity contribution in [2.75, 3.05) is 29.9 Å². The van der Waals surface area contributed by atoms with E-state index in [9.17, 15) is 17.6 Å². The van der Waals surface area contributed by atoms with Crippen molar-refractivity contribution >= 4 is 32.2 Å². The molecule has 9 heteroatoms. The second kappa shape index (κ2) is 8.45. The molecule has 0 spiro atoms. The van der Waals surface area contributed by atoms with Gasteiger partial charge in [-0.1, -0.05) is 6.92 Å². The monoisotopic (exact) mass is 411 g/mol. The van der Waals surface area contributed by atoms with E-state index in [0.29, 0.717) is 23.8 Å². The number of nitrogens with one attached hydrogen (secondary N) is 1. The van der Waals surface area contributed by atoms with E-state index in [0.717, 1.165) is 12.0 Å². The lowest BCUT2D eigenvalue weighted by Crippen LogP contribution is -2.42. The van der Waals surface area contributed by atoms with Gasteiger partial charge in [0.15, 0.2) is 15.0 Å². The van der Waals surface area contributed by atoms with E-state index in [4.69, 9.17) is 0 Å². The average Bonchev–Trinajstić information content (AvgIpc) is 3.21. The second-order valence-electron chi connectivity index (χ2n) is 6.62. The molecule has 1 aliphatic heterocycles. The largest absolute Gasteiger partial charge is 0.301 e. The third-order valence-electron chi connectivity index (χ3n) is 4.47. The van der Waals surface area contributed by atoms with Gasteiger partial charge in [0.2, 0.25) is 5.91 Å². The number of rotatable bonds is 7. The van der Waals surface area contributed by atoms with Crippen LogP contribution in [0.25, 0.3) is 11.3 Å². The minimum absolute atomic E-state index is 0.105. The Morgan fingerprint density at radius 3 is 2.74 bits per heavy atom. The first-order chi connectivity index (χ1) is 12.9. The molecular formula is C18H22FN3O3S2. The summed E-state index contributed by atoms with van der Waals surface area (Å²) in [4.78, 5) is 18.7. The molecule has 1 aromatic carbocycles. The van der Waals surface area contributed by atoms with Crippen LogP contribution in [0.15, 0.2) is 29.6 Å². The van der Waals surface area contributed by atoms with Crippen LogP contribution in [-0.4, -0.2) is 54.8 Å². The van der Waals surface area contributed by atoms with Crippen LogP contribution in [-0.2, 0) is 14.6 Å². The Bertz CT molecular complexity index is 897. The van der Waals surface area contributed by atoms with Crippen molar-refractivity contribution in [1.29, 1.82) is 0 Å². The van der Waals surface area contributed by atoms with Crippen LogP contribution in [0, 0.1) is 5.82 Å². The molecular weight excluding hydrogens is 389 g/mol. The summed E-state index contributed by atoms with van der Waals surface area (Å²) in [5.41, 5.74) is 1.44. The normalized spacial score (nSPS) is 18.7. The van der Waals surface area contributed by atoms with E-state index in [1.807, 2.05) is 11.8 Å². The number of halogens is 1. The van der Waals surface area contributed by atoms with E-state index < -0.39 is 9.84 Å². The molecule has 1 atom stereocenters. The molecule has 6 nitrogen and oxygen atoms in total. The smallest absolute Gasteiger partial charge is 0.240 e. The van der Waals surface area contributed by atoms with Crippen LogP contribution < -0.4 is 5.32 Å². The molecule has 1 amide bonds. The molecule has 1 unspecified atom stereocenters. The predicted octanol–water partition coefficient (Wildman–Crippen LogP) is 2.79. The summed E-state index contributed by atoms with van der Waals surface area (Å²) in [6.07, 6.45) is 1.41. The molecule has 1 saturated heterocycles. The van der Waals surface area contributed by atoms with Gasteiger partial charge in [0.1, 0.15) is 5.82 Å². The first-order valence-corrected chi connectivity index (χ1v) is 11.5. The number of carbonyl (C=O) groups is 1. The van der Waals surface area contributed by atoms with Crippen molar-refractivity contribution in [2.45, 2.75) is 25.8 Å². The summed E-state index contributed by atoms with van der Waals surface area (Å²) in [5.74, 6) is -0.223. The molecule has 1 aliphatic rings. The first-order valence-electron chi connectivity index (χ1n) is 8.82. The van der Waals surface area contributed by atoms with Crippen LogP contribution in [0.4, 0.5) is 9.52 Å². The predicted molar refractivity (Wildman–Crippen MR) is 105 cm³/mol. The van der Waals surface area contributed by atoms with Gasteiger partial charge in [0, 0.05) is 17.0 Å². The first kappa shape index (κ1) is 19.9. The van der Waals surface area contributed by atoms with Gasteiger partial charge in [0.05, 0.1) is 23.7 Å². The number of carbonyl (C=O) groups excluding carboxylic acids is 1. The van der Waals surface area contributed by atoms with Crippen molar-refractivity contribution in [1.82, 2.24) is 9.88 Å². The lowest BCUT2D eigenvalue weighted by molar-refractivity contribution is -0.117. The van der Waals surface area contributed by atoms with E-state index >= 15 is 0 Å². The minimum Gasteiger partial charge on any atom is -0.301 e. The fraction of sp³-hybridized carbons (Fsp3) is 0.444. The van der Waals surface area contributed by atoms with E-state index in [1.165, 1.54) is 23.5 Å². The molecule has 2 heterocycles. The van der Waals surface area contributed by atoms with E-state index in [2.05, 4.69) is 10.3 Å². The third-order valence-corrected chi connectivity index (χ3v) is 6.98. The topological polar surface area (TPSA) is 79.4 Å². The van der Waals surface area contributed by atoms with Crippen molar-refractivity contribution < 1.29 is 17.6 Å². The number of benzene rings is 1. The molecule has 0 radical (unpaired) electrons. The van der Waals surface area contributed by atoms with Crippen molar-refractivity contribution in [3.63, 3.8) is 0 Å². The number of sulfone groups is 1. The molecule has 0 saturated carbocycles. The number of thiazole rings is 1. The highest BCUT2D eigenvalue weighted by atomic mass is 32.2. The summed E-state index contributed by atoms with van der Waals surface area (Å²) in [7, 11) is -2.99. The van der Waals surface area contributed by atoms with Crippen molar-refractivity contribution in [2.24, 2.45) is 0 Å². The average molecular weight is 412 g/mol. The van der Waals surface area contributed by atoms with Gasteiger partial charge in [-0.25, -0.2) is 17.8 Å². The van der Waals surface area contributed by atoms with Crippen LogP contribution >= 0.6 is 11.3 Å². The maximum absolute atomic E-state index is 13.0. The zero-order valence-electron chi connectivity index (χ0n) is 15.0. The van der Waals surface area contributed by atoms with Gasteiger partial charge in [0.25, 0.3) is 0 Å². The molecule has 0 bridgehead atoms. The minimum atomic E-state index is -2.99. The summed E-state index contributed by atoms with van der Waals surface area (Å²) < 4.78 is 36.5. The molecule has 1 aromatic heterocycles. The van der Waals surface area contributed by atoms with Gasteiger partial charge < -0.3 is 5.32 Å². The highest BCUT2D eigenvalue weighted by Gasteiger charge is 2.32. The molecule has 1 N–H and O–H groups in total. The summed E-state index contributed by atoms with van der Waals surface area (Å²) >= 11 is 1.30. The molecule has 0 aliphatic carbocycles. The van der Waals surface area contributed by atoms with Crippen LogP contribution in [0.2, 0.25) is 0 Å². The number of hydrogen-bond donors (Lipinski definition) is 1. The molecule has 2 aromatic rings. The zero-order chi connectivity index (χ0) is 19.4. The Balaban J connectivity index is 1.61. The van der Waals surface area contributed by atoms with Crippen LogP contribution in [0.5, 0.6) is 0 Å². The lowest BCUT2D eigenvalue weighted by atomic mass is 10.2. The standard InChI is InChI=1S/C18H22FN3O3S2/c1-2-8-22(15-7-9-27(24,25)12-15)10-17(23)21-18-20-16(11-26-18)13-3-5-14(19)6-4-13/h3-6,11,15H,2,7-10,12H2,1H3,(H,20,21,23). The zero-order valence-corrected chi connectivity index (χ0v) is 16.7. The number of hydrogen-bond acceptors (Lipinski definition) is 6. The molecule has 27 heavy (non-hydrogen) atoms. The number of anilines is 1. The Morgan fingerprint density at radius 2 is 2.11 bits per heavy atom.